The second-order valence-electron chi connectivity index (χ2n) is 5.63. The zero-order chi connectivity index (χ0) is 14.8. The van der Waals surface area contributed by atoms with Crippen LogP contribution < -0.4 is 5.43 Å². The predicted molar refractivity (Wildman–Crippen MR) is 86.9 cm³/mol. The van der Waals surface area contributed by atoms with Crippen LogP contribution in [0.1, 0.15) is 38.4 Å². The number of aryl methyl sites for hydroxylation is 2. The molecule has 0 N–H and O–H groups in total. The van der Waals surface area contributed by atoms with E-state index < -0.39 is 0 Å². The molecule has 0 saturated heterocycles. The van der Waals surface area contributed by atoms with Crippen LogP contribution in [0.25, 0.3) is 22.0 Å². The van der Waals surface area contributed by atoms with Crippen LogP contribution in [0.4, 0.5) is 0 Å². The van der Waals surface area contributed by atoms with Crippen molar-refractivity contribution >= 4 is 22.0 Å². The molecule has 0 bridgehead atoms. The highest BCUT2D eigenvalue weighted by Crippen LogP contribution is 2.27. The number of nitrogens with zero attached hydrogens (tertiary/aromatic N) is 1. The lowest BCUT2D eigenvalue weighted by molar-refractivity contribution is 0.515. The Morgan fingerprint density at radius 3 is 2.76 bits per heavy atom. The third-order valence-corrected chi connectivity index (χ3v) is 4.00. The van der Waals surface area contributed by atoms with Gasteiger partial charge in [0, 0.05) is 18.0 Å². The zero-order valence-electron chi connectivity index (χ0n) is 12.7. The van der Waals surface area contributed by atoms with Crippen LogP contribution in [-0.2, 0) is 6.54 Å². The van der Waals surface area contributed by atoms with Crippen LogP contribution >= 0.6 is 0 Å². The number of para-hydroxylation sites is 1. The van der Waals surface area contributed by atoms with Gasteiger partial charge < -0.3 is 8.98 Å². The summed E-state index contributed by atoms with van der Waals surface area (Å²) < 4.78 is 8.04. The minimum absolute atomic E-state index is 0.0530. The van der Waals surface area contributed by atoms with Crippen LogP contribution in [-0.4, -0.2) is 4.57 Å². The molecule has 3 heteroatoms. The van der Waals surface area contributed by atoms with Crippen LogP contribution in [0, 0.1) is 6.92 Å². The average molecular weight is 283 g/mol. The molecule has 0 unspecified atom stereocenters. The SMILES string of the molecule is CCCCCCn1c2ccccc2c2c(=O)cc(C)oc21. The quantitative estimate of drug-likeness (QED) is 0.639. The van der Waals surface area contributed by atoms with E-state index in [4.69, 9.17) is 4.42 Å². The minimum Gasteiger partial charge on any atom is -0.445 e. The molecule has 0 spiro atoms. The summed E-state index contributed by atoms with van der Waals surface area (Å²) in [5.74, 6) is 0.671. The molecule has 0 fully saturated rings. The molecule has 0 aliphatic rings. The Hall–Kier alpha value is -2.03. The summed E-state index contributed by atoms with van der Waals surface area (Å²) >= 11 is 0. The first-order valence-electron chi connectivity index (χ1n) is 7.74. The van der Waals surface area contributed by atoms with Gasteiger partial charge >= 0.3 is 0 Å². The van der Waals surface area contributed by atoms with Gasteiger partial charge in [0.05, 0.1) is 10.9 Å². The maximum absolute atomic E-state index is 12.3. The van der Waals surface area contributed by atoms with E-state index in [0.29, 0.717) is 11.1 Å². The van der Waals surface area contributed by atoms with Gasteiger partial charge in [0.25, 0.3) is 0 Å². The molecule has 0 atom stereocenters. The minimum atomic E-state index is 0.0530. The lowest BCUT2D eigenvalue weighted by Gasteiger charge is -2.06. The van der Waals surface area contributed by atoms with Crippen molar-refractivity contribution in [3.05, 3.63) is 46.3 Å². The molecule has 0 radical (unpaired) electrons. The van der Waals surface area contributed by atoms with E-state index in [1.165, 1.54) is 19.3 Å². The summed E-state index contributed by atoms with van der Waals surface area (Å²) in [7, 11) is 0. The van der Waals surface area contributed by atoms with Crippen LogP contribution in [0.5, 0.6) is 0 Å². The smallest absolute Gasteiger partial charge is 0.211 e. The largest absolute Gasteiger partial charge is 0.445 e. The van der Waals surface area contributed by atoms with E-state index in [1.807, 2.05) is 25.1 Å². The van der Waals surface area contributed by atoms with Crippen LogP contribution in [0.15, 0.2) is 39.5 Å². The first-order chi connectivity index (χ1) is 10.2. The van der Waals surface area contributed by atoms with Gasteiger partial charge in [0.15, 0.2) is 5.43 Å². The van der Waals surface area contributed by atoms with E-state index in [-0.39, 0.29) is 5.43 Å². The van der Waals surface area contributed by atoms with Gasteiger partial charge in [0.1, 0.15) is 5.76 Å². The van der Waals surface area contributed by atoms with Crippen molar-refractivity contribution in [2.75, 3.05) is 0 Å². The molecule has 0 saturated carbocycles. The molecule has 2 heterocycles. The van der Waals surface area contributed by atoms with Crippen molar-refractivity contribution in [2.45, 2.75) is 46.1 Å². The molecule has 3 nitrogen and oxygen atoms in total. The molecule has 0 aliphatic carbocycles. The number of benzene rings is 1. The van der Waals surface area contributed by atoms with Gasteiger partial charge in [-0.2, -0.15) is 0 Å². The van der Waals surface area contributed by atoms with Crippen LogP contribution in [0.3, 0.4) is 0 Å². The van der Waals surface area contributed by atoms with Crippen molar-refractivity contribution in [3.8, 4) is 0 Å². The highest BCUT2D eigenvalue weighted by atomic mass is 16.3. The Morgan fingerprint density at radius 2 is 1.95 bits per heavy atom. The fourth-order valence-electron chi connectivity index (χ4n) is 2.98. The Balaban J connectivity index is 2.17. The van der Waals surface area contributed by atoms with Gasteiger partial charge in [-0.15, -0.1) is 0 Å². The summed E-state index contributed by atoms with van der Waals surface area (Å²) in [6.45, 7) is 4.94. The van der Waals surface area contributed by atoms with Crippen molar-refractivity contribution < 1.29 is 4.42 Å². The number of rotatable bonds is 5. The van der Waals surface area contributed by atoms with E-state index in [1.54, 1.807) is 6.07 Å². The standard InChI is InChI=1S/C18H21NO2/c1-3-4-5-8-11-19-15-10-7-6-9-14(15)17-16(20)12-13(2)21-18(17)19/h6-7,9-10,12H,3-5,8,11H2,1-2H3. The van der Waals surface area contributed by atoms with E-state index in [9.17, 15) is 4.79 Å². The summed E-state index contributed by atoms with van der Waals surface area (Å²) in [5, 5.41) is 1.71. The van der Waals surface area contributed by atoms with Crippen molar-refractivity contribution in [1.82, 2.24) is 4.57 Å². The highest BCUT2D eigenvalue weighted by Gasteiger charge is 2.15. The molecule has 21 heavy (non-hydrogen) atoms. The highest BCUT2D eigenvalue weighted by molar-refractivity contribution is 6.05. The first-order valence-corrected chi connectivity index (χ1v) is 7.74. The third kappa shape index (κ3) is 2.48. The fourth-order valence-corrected chi connectivity index (χ4v) is 2.98. The number of hydrogen-bond donors (Lipinski definition) is 0. The van der Waals surface area contributed by atoms with Crippen molar-refractivity contribution in [2.24, 2.45) is 0 Å². The molecule has 0 aliphatic heterocycles. The summed E-state index contributed by atoms with van der Waals surface area (Å²) in [6, 6.07) is 9.64. The maximum Gasteiger partial charge on any atom is 0.211 e. The zero-order valence-corrected chi connectivity index (χ0v) is 12.7. The molecule has 2 aromatic heterocycles. The normalized spacial score (nSPS) is 11.5. The molecule has 110 valence electrons. The molecular formula is C18H21NO2. The Bertz CT molecular complexity index is 826. The number of aromatic nitrogens is 1. The molecule has 0 amide bonds. The molecule has 3 aromatic rings. The van der Waals surface area contributed by atoms with Gasteiger partial charge in [-0.05, 0) is 19.4 Å². The van der Waals surface area contributed by atoms with Gasteiger partial charge in [-0.1, -0.05) is 44.4 Å². The number of hydrogen-bond acceptors (Lipinski definition) is 2. The first kappa shape index (κ1) is 13.9. The monoisotopic (exact) mass is 283 g/mol. The Morgan fingerprint density at radius 1 is 1.14 bits per heavy atom. The second kappa shape index (κ2) is 5.76. The average Bonchev–Trinajstić information content (AvgIpc) is 2.78. The summed E-state index contributed by atoms with van der Waals surface area (Å²) in [5.41, 5.74) is 1.87. The maximum atomic E-state index is 12.3. The molecule has 1 aromatic carbocycles. The van der Waals surface area contributed by atoms with Gasteiger partial charge in [0.2, 0.25) is 5.71 Å². The molecular weight excluding hydrogens is 262 g/mol. The third-order valence-electron chi connectivity index (χ3n) is 4.00. The summed E-state index contributed by atoms with van der Waals surface area (Å²) in [4.78, 5) is 12.3. The lowest BCUT2D eigenvalue weighted by Crippen LogP contribution is -2.02. The van der Waals surface area contributed by atoms with Crippen molar-refractivity contribution in [1.29, 1.82) is 0 Å². The topological polar surface area (TPSA) is 35.1 Å². The lowest BCUT2D eigenvalue weighted by atomic mass is 10.2. The predicted octanol–water partition coefficient (Wildman–Crippen LogP) is 4.64. The van der Waals surface area contributed by atoms with E-state index in [0.717, 1.165) is 29.6 Å². The van der Waals surface area contributed by atoms with Gasteiger partial charge in [-0.3, -0.25) is 4.79 Å². The van der Waals surface area contributed by atoms with E-state index in [2.05, 4.69) is 17.6 Å². The second-order valence-corrected chi connectivity index (χ2v) is 5.63. The summed E-state index contributed by atoms with van der Waals surface area (Å²) in [6.07, 6.45) is 4.79. The van der Waals surface area contributed by atoms with Crippen LogP contribution in [0.2, 0.25) is 0 Å². The van der Waals surface area contributed by atoms with Gasteiger partial charge in [-0.25, -0.2) is 0 Å². The number of unbranched alkanes of at least 4 members (excludes halogenated alkanes) is 3. The Labute approximate surface area is 124 Å². The fraction of sp³-hybridized carbons (Fsp3) is 0.389. The van der Waals surface area contributed by atoms with Crippen molar-refractivity contribution in [3.63, 3.8) is 0 Å². The molecule has 3 rings (SSSR count). The van der Waals surface area contributed by atoms with E-state index >= 15 is 0 Å². The Kier molecular flexibility index (Phi) is 3.82. The number of fused-ring (bicyclic) bond motifs is 3.